The molecule has 0 amide bonds. The Morgan fingerprint density at radius 1 is 1.11 bits per heavy atom. The van der Waals surface area contributed by atoms with Crippen LogP contribution < -0.4 is 9.61 Å². The molecule has 0 saturated carbocycles. The van der Waals surface area contributed by atoms with Crippen molar-refractivity contribution in [1.29, 1.82) is 0 Å². The van der Waals surface area contributed by atoms with Gasteiger partial charge in [-0.15, -0.1) is 0 Å². The number of rotatable bonds is 4. The van der Waals surface area contributed by atoms with Gasteiger partial charge in [-0.1, -0.05) is 35.9 Å². The number of halogens is 1. The van der Waals surface area contributed by atoms with Crippen LogP contribution in [0.1, 0.15) is 5.56 Å². The Bertz CT molecular complexity index is 616. The number of anilines is 1. The molecule has 0 saturated heterocycles. The number of hydrogen-bond acceptors (Lipinski definition) is 2. The summed E-state index contributed by atoms with van der Waals surface area (Å²) in [6.45, 7) is 3.41. The molecule has 1 unspecified atom stereocenters. The lowest BCUT2D eigenvalue weighted by Crippen LogP contribution is -2.03. The van der Waals surface area contributed by atoms with Crippen LogP contribution in [-0.2, 0) is 4.57 Å². The van der Waals surface area contributed by atoms with E-state index in [1.807, 2.05) is 31.2 Å². The van der Waals surface area contributed by atoms with Crippen molar-refractivity contribution in [3.8, 4) is 5.75 Å². The highest BCUT2D eigenvalue weighted by molar-refractivity contribution is 7.60. The van der Waals surface area contributed by atoms with Crippen LogP contribution in [0.5, 0.6) is 5.75 Å². The number of hydrogen-bond donors (Lipinski definition) is 1. The number of nitrogens with one attached hydrogen (secondary N) is 1. The van der Waals surface area contributed by atoms with E-state index in [0.29, 0.717) is 16.5 Å². The summed E-state index contributed by atoms with van der Waals surface area (Å²) in [7, 11) is -2.99. The smallest absolute Gasteiger partial charge is 0.338 e. The van der Waals surface area contributed by atoms with Crippen molar-refractivity contribution >= 4 is 24.8 Å². The summed E-state index contributed by atoms with van der Waals surface area (Å²) < 4.78 is 17.9. The maximum atomic E-state index is 12.4. The lowest BCUT2D eigenvalue weighted by Gasteiger charge is -2.19. The quantitative estimate of drug-likeness (QED) is 0.810. The molecule has 0 radical (unpaired) electrons. The van der Waals surface area contributed by atoms with Gasteiger partial charge in [0.2, 0.25) is 0 Å². The highest BCUT2D eigenvalue weighted by Crippen LogP contribution is 2.44. The van der Waals surface area contributed by atoms with Gasteiger partial charge >= 0.3 is 7.52 Å². The molecule has 3 nitrogen and oxygen atoms in total. The van der Waals surface area contributed by atoms with Gasteiger partial charge < -0.3 is 9.61 Å². The average molecular weight is 296 g/mol. The van der Waals surface area contributed by atoms with E-state index in [0.717, 1.165) is 5.56 Å². The van der Waals surface area contributed by atoms with Gasteiger partial charge in [0.1, 0.15) is 5.75 Å². The lowest BCUT2D eigenvalue weighted by molar-refractivity contribution is 0.493. The summed E-state index contributed by atoms with van der Waals surface area (Å²) in [6.07, 6.45) is 0. The van der Waals surface area contributed by atoms with Crippen LogP contribution in [0.4, 0.5) is 5.69 Å². The van der Waals surface area contributed by atoms with Gasteiger partial charge in [0, 0.05) is 17.4 Å². The molecule has 0 aromatic heterocycles. The Balaban J connectivity index is 2.17. The van der Waals surface area contributed by atoms with Crippen molar-refractivity contribution < 1.29 is 9.09 Å². The predicted molar refractivity (Wildman–Crippen MR) is 80.4 cm³/mol. The molecule has 0 aliphatic rings. The molecular weight excluding hydrogens is 281 g/mol. The van der Waals surface area contributed by atoms with E-state index in [1.165, 1.54) is 0 Å². The van der Waals surface area contributed by atoms with E-state index in [1.54, 1.807) is 30.9 Å². The fraction of sp³-hybridized carbons (Fsp3) is 0.143. The summed E-state index contributed by atoms with van der Waals surface area (Å²) in [4.78, 5) is 0. The first-order valence-corrected chi connectivity index (χ1v) is 8.28. The zero-order valence-corrected chi connectivity index (χ0v) is 12.4. The zero-order valence-electron chi connectivity index (χ0n) is 10.8. The predicted octanol–water partition coefficient (Wildman–Crippen LogP) is 4.96. The molecule has 1 N–H and O–H groups in total. The molecule has 0 spiro atoms. The molecule has 100 valence electrons. The van der Waals surface area contributed by atoms with Gasteiger partial charge in [-0.3, -0.25) is 4.57 Å². The summed E-state index contributed by atoms with van der Waals surface area (Å²) in [5.74, 6) is 0.570. The molecule has 19 heavy (non-hydrogen) atoms. The molecule has 5 heteroatoms. The van der Waals surface area contributed by atoms with Crippen molar-refractivity contribution in [2.75, 3.05) is 11.8 Å². The summed E-state index contributed by atoms with van der Waals surface area (Å²) in [5.41, 5.74) is 1.57. The normalized spacial score (nSPS) is 13.6. The van der Waals surface area contributed by atoms with Crippen LogP contribution in [-0.4, -0.2) is 6.66 Å². The van der Waals surface area contributed by atoms with Crippen LogP contribution >= 0.6 is 19.1 Å². The maximum absolute atomic E-state index is 12.4. The highest BCUT2D eigenvalue weighted by atomic mass is 35.5. The minimum absolute atomic E-state index is 0.570. The number of benzene rings is 2. The Kier molecular flexibility index (Phi) is 4.18. The summed E-state index contributed by atoms with van der Waals surface area (Å²) in [6, 6.07) is 14.5. The fourth-order valence-electron chi connectivity index (χ4n) is 1.65. The van der Waals surface area contributed by atoms with Gasteiger partial charge in [0.15, 0.2) is 0 Å². The second kappa shape index (κ2) is 5.68. The molecule has 0 heterocycles. The molecule has 2 rings (SSSR count). The van der Waals surface area contributed by atoms with E-state index in [-0.39, 0.29) is 0 Å². The molecule has 2 aromatic carbocycles. The van der Waals surface area contributed by atoms with Gasteiger partial charge in [-0.25, -0.2) is 0 Å². The highest BCUT2D eigenvalue weighted by Gasteiger charge is 2.18. The lowest BCUT2D eigenvalue weighted by atomic mass is 10.2. The van der Waals surface area contributed by atoms with E-state index >= 15 is 0 Å². The summed E-state index contributed by atoms with van der Waals surface area (Å²) in [5, 5.41) is 3.55. The standard InChI is InChI=1S/C14H15ClNO2P/c1-11-13(15)9-6-10-14(11)16-19(2,17)18-12-7-4-3-5-8-12/h3-10H,1-2H3,(H,16,17). The molecule has 0 aliphatic carbocycles. The fourth-order valence-corrected chi connectivity index (χ4v) is 3.08. The Hall–Kier alpha value is -1.44. The molecular formula is C14H15ClNO2P. The minimum atomic E-state index is -2.99. The SMILES string of the molecule is Cc1c(Cl)cccc1NP(C)(=O)Oc1ccccc1. The van der Waals surface area contributed by atoms with Crippen LogP contribution in [0, 0.1) is 6.92 Å². The van der Waals surface area contributed by atoms with Gasteiger partial charge in [0.05, 0.1) is 0 Å². The Morgan fingerprint density at radius 3 is 2.47 bits per heavy atom. The molecule has 0 fully saturated rings. The van der Waals surface area contributed by atoms with Gasteiger partial charge in [-0.2, -0.15) is 0 Å². The second-order valence-corrected chi connectivity index (χ2v) is 6.78. The van der Waals surface area contributed by atoms with Gasteiger partial charge in [-0.05, 0) is 36.8 Å². The van der Waals surface area contributed by atoms with Crippen molar-refractivity contribution in [2.45, 2.75) is 6.92 Å². The maximum Gasteiger partial charge on any atom is 0.338 e. The van der Waals surface area contributed by atoms with E-state index < -0.39 is 7.52 Å². The third kappa shape index (κ3) is 3.76. The topological polar surface area (TPSA) is 38.3 Å². The Labute approximate surface area is 118 Å². The van der Waals surface area contributed by atoms with Crippen LogP contribution in [0.3, 0.4) is 0 Å². The van der Waals surface area contributed by atoms with Gasteiger partial charge in [0.25, 0.3) is 0 Å². The third-order valence-electron chi connectivity index (χ3n) is 2.61. The van der Waals surface area contributed by atoms with Crippen LogP contribution in [0.25, 0.3) is 0 Å². The average Bonchev–Trinajstić information content (AvgIpc) is 2.35. The first-order chi connectivity index (χ1) is 8.98. The molecule has 0 bridgehead atoms. The van der Waals surface area contributed by atoms with E-state index in [4.69, 9.17) is 16.1 Å². The molecule has 2 aromatic rings. The van der Waals surface area contributed by atoms with Crippen LogP contribution in [0.15, 0.2) is 48.5 Å². The third-order valence-corrected chi connectivity index (χ3v) is 4.23. The first-order valence-electron chi connectivity index (χ1n) is 5.83. The minimum Gasteiger partial charge on any atom is -0.429 e. The summed E-state index contributed by atoms with van der Waals surface area (Å²) >= 11 is 6.03. The second-order valence-electron chi connectivity index (χ2n) is 4.27. The Morgan fingerprint density at radius 2 is 1.79 bits per heavy atom. The largest absolute Gasteiger partial charge is 0.429 e. The van der Waals surface area contributed by atoms with Crippen LogP contribution in [0.2, 0.25) is 5.02 Å². The van der Waals surface area contributed by atoms with Crippen molar-refractivity contribution in [3.63, 3.8) is 0 Å². The monoisotopic (exact) mass is 295 g/mol. The van der Waals surface area contributed by atoms with Crippen molar-refractivity contribution in [2.24, 2.45) is 0 Å². The first kappa shape index (κ1) is 14.0. The van der Waals surface area contributed by atoms with Crippen molar-refractivity contribution in [3.05, 3.63) is 59.1 Å². The number of para-hydroxylation sites is 1. The van der Waals surface area contributed by atoms with Crippen molar-refractivity contribution in [1.82, 2.24) is 0 Å². The zero-order chi connectivity index (χ0) is 13.9. The molecule has 1 atom stereocenters. The van der Waals surface area contributed by atoms with E-state index in [2.05, 4.69) is 5.09 Å². The molecule has 0 aliphatic heterocycles. The van der Waals surface area contributed by atoms with E-state index in [9.17, 15) is 4.57 Å².